The first-order valence-electron chi connectivity index (χ1n) is 13.8. The summed E-state index contributed by atoms with van der Waals surface area (Å²) in [4.78, 5) is 36.1. The normalized spacial score (nSPS) is 20.3. The van der Waals surface area contributed by atoms with Crippen LogP contribution in [0, 0.1) is 23.7 Å². The van der Waals surface area contributed by atoms with Crippen molar-refractivity contribution in [2.45, 2.75) is 32.1 Å². The van der Waals surface area contributed by atoms with Crippen LogP contribution < -0.4 is 20.7 Å². The quantitative estimate of drug-likeness (QED) is 0.231. The molecule has 0 spiro atoms. The van der Waals surface area contributed by atoms with Gasteiger partial charge in [0.2, 0.25) is 5.91 Å². The molecule has 0 radical (unpaired) electrons. The number of hydrogen-bond donors (Lipinski definition) is 5. The highest BCUT2D eigenvalue weighted by atomic mass is 16.5. The first-order valence-corrected chi connectivity index (χ1v) is 13.8. The molecule has 0 bridgehead atoms. The molecule has 9 nitrogen and oxygen atoms in total. The summed E-state index contributed by atoms with van der Waals surface area (Å²) >= 11 is 0. The van der Waals surface area contributed by atoms with Gasteiger partial charge in [0.05, 0.1) is 24.8 Å². The van der Waals surface area contributed by atoms with Gasteiger partial charge in [0, 0.05) is 0 Å². The number of hydrogen-bond acceptors (Lipinski definition) is 6. The molecule has 2 aliphatic heterocycles. The minimum Gasteiger partial charge on any atom is -0.492 e. The molecule has 1 amide bonds. The van der Waals surface area contributed by atoms with Gasteiger partial charge in [-0.2, -0.15) is 0 Å². The zero-order valence-electron chi connectivity index (χ0n) is 22.2. The van der Waals surface area contributed by atoms with Gasteiger partial charge in [-0.15, -0.1) is 0 Å². The summed E-state index contributed by atoms with van der Waals surface area (Å²) in [5.41, 5.74) is 2.69. The molecular formula is C30H39N3O6. The van der Waals surface area contributed by atoms with E-state index in [1.165, 1.54) is 0 Å². The van der Waals surface area contributed by atoms with Crippen LogP contribution in [0.15, 0.2) is 48.5 Å². The molecule has 2 aromatic rings. The topological polar surface area (TPSA) is 137 Å². The smallest absolute Gasteiger partial charge is 0.307 e. The monoisotopic (exact) mass is 537 g/mol. The van der Waals surface area contributed by atoms with Crippen molar-refractivity contribution in [3.05, 3.63) is 65.2 Å². The van der Waals surface area contributed by atoms with Crippen LogP contribution in [0.4, 0.5) is 0 Å². The Kier molecular flexibility index (Phi) is 10.3. The standard InChI is InChI=1S/C30H39N3O6/c34-28(17-21-4-1-3-20(13-21)15-26(29(35)36)23-7-9-31-18-23)33-11-12-39-25-6-2-5-22(14-25)16-27(30(37)38)24-8-10-32-19-24/h1-6,13-14,23-24,26-27,31-32H,7-12,15-19H2,(H,33,34)(H,35,36)(H,37,38)/t23-,24-,26-,27-/m0/s1. The lowest BCUT2D eigenvalue weighted by molar-refractivity contribution is -0.144. The van der Waals surface area contributed by atoms with Crippen LogP contribution >= 0.6 is 0 Å². The number of carboxylic acid groups (broad SMARTS) is 2. The summed E-state index contributed by atoms with van der Waals surface area (Å²) < 4.78 is 5.81. The van der Waals surface area contributed by atoms with Crippen LogP contribution in [-0.2, 0) is 33.6 Å². The zero-order valence-corrected chi connectivity index (χ0v) is 22.2. The predicted octanol–water partition coefficient (Wildman–Crippen LogP) is 2.13. The van der Waals surface area contributed by atoms with Crippen LogP contribution in [0.25, 0.3) is 0 Å². The average molecular weight is 538 g/mol. The molecule has 0 unspecified atom stereocenters. The Morgan fingerprint density at radius 3 is 1.97 bits per heavy atom. The molecule has 2 aliphatic rings. The van der Waals surface area contributed by atoms with Gasteiger partial charge in [-0.25, -0.2) is 0 Å². The Bertz CT molecular complexity index is 1130. The van der Waals surface area contributed by atoms with Crippen LogP contribution in [0.1, 0.15) is 29.5 Å². The third-order valence-electron chi connectivity index (χ3n) is 7.83. The number of amides is 1. The molecule has 0 aliphatic carbocycles. The molecule has 4 atom stereocenters. The van der Waals surface area contributed by atoms with Crippen LogP contribution in [0.2, 0.25) is 0 Å². The maximum Gasteiger partial charge on any atom is 0.307 e. The van der Waals surface area contributed by atoms with E-state index in [2.05, 4.69) is 16.0 Å². The Morgan fingerprint density at radius 2 is 1.41 bits per heavy atom. The van der Waals surface area contributed by atoms with Crippen molar-refractivity contribution in [2.24, 2.45) is 23.7 Å². The number of carbonyl (C=O) groups excluding carboxylic acids is 1. The minimum atomic E-state index is -0.773. The fraction of sp³-hybridized carbons (Fsp3) is 0.500. The van der Waals surface area contributed by atoms with Crippen molar-refractivity contribution in [3.63, 3.8) is 0 Å². The highest BCUT2D eigenvalue weighted by molar-refractivity contribution is 5.78. The van der Waals surface area contributed by atoms with Crippen LogP contribution in [0.3, 0.4) is 0 Å². The highest BCUT2D eigenvalue weighted by Crippen LogP contribution is 2.26. The lowest BCUT2D eigenvalue weighted by atomic mass is 9.86. The minimum absolute atomic E-state index is 0.123. The second-order valence-corrected chi connectivity index (χ2v) is 10.6. The number of nitrogens with one attached hydrogen (secondary N) is 3. The maximum absolute atomic E-state index is 12.5. The number of ether oxygens (including phenoxy) is 1. The van der Waals surface area contributed by atoms with E-state index >= 15 is 0 Å². The second kappa shape index (κ2) is 14.1. The number of carboxylic acids is 2. The van der Waals surface area contributed by atoms with Crippen LogP contribution in [-0.4, -0.2) is 67.4 Å². The summed E-state index contributed by atoms with van der Waals surface area (Å²) in [6.07, 6.45) is 2.86. The van der Waals surface area contributed by atoms with Gasteiger partial charge >= 0.3 is 11.9 Å². The lowest BCUT2D eigenvalue weighted by Crippen LogP contribution is -2.29. The van der Waals surface area contributed by atoms with Crippen molar-refractivity contribution in [1.29, 1.82) is 0 Å². The van der Waals surface area contributed by atoms with Gasteiger partial charge in [0.25, 0.3) is 0 Å². The van der Waals surface area contributed by atoms with Crippen molar-refractivity contribution in [1.82, 2.24) is 16.0 Å². The first kappa shape index (κ1) is 28.6. The SMILES string of the molecule is O=C(Cc1cccc(C[C@H](C(=O)O)[C@H]2CCNC2)c1)NCCOc1cccc(C[C@H](C(=O)O)[C@H]2CCNC2)c1. The summed E-state index contributed by atoms with van der Waals surface area (Å²) in [5, 5.41) is 28.7. The van der Waals surface area contributed by atoms with Gasteiger partial charge in [-0.1, -0.05) is 36.4 Å². The Morgan fingerprint density at radius 1 is 0.846 bits per heavy atom. The van der Waals surface area contributed by atoms with E-state index in [4.69, 9.17) is 4.74 Å². The molecule has 9 heteroatoms. The number of benzene rings is 2. The molecule has 0 aromatic heterocycles. The number of aliphatic carboxylic acids is 2. The van der Waals surface area contributed by atoms with E-state index in [-0.39, 0.29) is 24.2 Å². The van der Waals surface area contributed by atoms with Crippen molar-refractivity contribution < 1.29 is 29.3 Å². The van der Waals surface area contributed by atoms with Gasteiger partial charge in [-0.05, 0) is 92.5 Å². The maximum atomic E-state index is 12.5. The summed E-state index contributed by atoms with van der Waals surface area (Å²) in [6.45, 7) is 3.81. The van der Waals surface area contributed by atoms with Crippen LogP contribution in [0.5, 0.6) is 5.75 Å². The second-order valence-electron chi connectivity index (χ2n) is 10.6. The van der Waals surface area contributed by atoms with Gasteiger partial charge < -0.3 is 30.9 Å². The summed E-state index contributed by atoms with van der Waals surface area (Å²) in [7, 11) is 0. The Labute approximate surface area is 229 Å². The molecule has 5 N–H and O–H groups in total. The number of carbonyl (C=O) groups is 3. The van der Waals surface area contributed by atoms with Crippen molar-refractivity contribution in [3.8, 4) is 5.75 Å². The van der Waals surface area contributed by atoms with E-state index in [1.54, 1.807) is 0 Å². The highest BCUT2D eigenvalue weighted by Gasteiger charge is 2.31. The molecule has 210 valence electrons. The van der Waals surface area contributed by atoms with Gasteiger partial charge in [0.1, 0.15) is 12.4 Å². The fourth-order valence-electron chi connectivity index (χ4n) is 5.70. The van der Waals surface area contributed by atoms with Gasteiger partial charge in [0.15, 0.2) is 0 Å². The molecule has 2 fully saturated rings. The summed E-state index contributed by atoms with van der Waals surface area (Å²) in [6, 6.07) is 15.1. The summed E-state index contributed by atoms with van der Waals surface area (Å²) in [5.74, 6) is -1.63. The third kappa shape index (κ3) is 8.53. The fourth-order valence-corrected chi connectivity index (χ4v) is 5.70. The van der Waals surface area contributed by atoms with E-state index in [9.17, 15) is 24.6 Å². The largest absolute Gasteiger partial charge is 0.492 e. The van der Waals surface area contributed by atoms with E-state index in [0.717, 1.165) is 55.7 Å². The molecule has 0 saturated carbocycles. The molecule has 39 heavy (non-hydrogen) atoms. The molecular weight excluding hydrogens is 498 g/mol. The lowest BCUT2D eigenvalue weighted by Gasteiger charge is -2.19. The average Bonchev–Trinajstić information content (AvgIpc) is 3.64. The van der Waals surface area contributed by atoms with E-state index in [1.807, 2.05) is 48.5 Å². The van der Waals surface area contributed by atoms with Crippen molar-refractivity contribution >= 4 is 17.8 Å². The van der Waals surface area contributed by atoms with E-state index < -0.39 is 23.8 Å². The molecule has 2 aromatic carbocycles. The predicted molar refractivity (Wildman–Crippen MR) is 147 cm³/mol. The number of rotatable bonds is 14. The molecule has 2 saturated heterocycles. The zero-order chi connectivity index (χ0) is 27.6. The molecule has 4 rings (SSSR count). The Balaban J connectivity index is 1.22. The first-order chi connectivity index (χ1) is 18.9. The van der Waals surface area contributed by atoms with Crippen molar-refractivity contribution in [2.75, 3.05) is 39.3 Å². The van der Waals surface area contributed by atoms with Gasteiger partial charge in [-0.3, -0.25) is 14.4 Å². The Hall–Kier alpha value is -3.43. The van der Waals surface area contributed by atoms with E-state index in [0.29, 0.717) is 31.7 Å². The third-order valence-corrected chi connectivity index (χ3v) is 7.83. The molecule has 2 heterocycles.